The van der Waals surface area contributed by atoms with Crippen LogP contribution in [0.5, 0.6) is 0 Å². The molecule has 0 spiro atoms. The number of aliphatic hydroxyl groups excluding tert-OH is 1. The van der Waals surface area contributed by atoms with E-state index in [4.69, 9.17) is 14.6 Å². The van der Waals surface area contributed by atoms with Crippen LogP contribution in [0.15, 0.2) is 24.3 Å². The molecule has 0 fully saturated rings. The van der Waals surface area contributed by atoms with Crippen LogP contribution in [0.4, 0.5) is 13.2 Å². The van der Waals surface area contributed by atoms with Crippen LogP contribution in [0.1, 0.15) is 36.8 Å². The van der Waals surface area contributed by atoms with Gasteiger partial charge in [0, 0.05) is 0 Å². The van der Waals surface area contributed by atoms with Gasteiger partial charge in [-0.2, -0.15) is 13.2 Å². The van der Waals surface area contributed by atoms with E-state index in [-0.39, 0.29) is 0 Å². The summed E-state index contributed by atoms with van der Waals surface area (Å²) in [6.45, 7) is -1.66. The molecule has 1 aromatic rings. The molecule has 21 heavy (non-hydrogen) atoms. The Bertz CT molecular complexity index is 411. The van der Waals surface area contributed by atoms with Crippen LogP contribution in [0.25, 0.3) is 0 Å². The standard InChI is InChI=1S/C14H21F3O3Si/c15-14(16,17)12-8-5-7-11(10-12)6-3-1-2-4-9-21-20-13(18)19/h5,7-8,10,13,18-19H,1-4,6,9,21H2. The fourth-order valence-electron chi connectivity index (χ4n) is 2.05. The second-order valence-corrected chi connectivity index (χ2v) is 6.36. The van der Waals surface area contributed by atoms with Crippen molar-refractivity contribution in [3.05, 3.63) is 35.4 Å². The highest BCUT2D eigenvalue weighted by Crippen LogP contribution is 2.29. The first-order valence-electron chi connectivity index (χ1n) is 7.03. The highest BCUT2D eigenvalue weighted by molar-refractivity contribution is 6.26. The molecule has 0 saturated carbocycles. The molecule has 0 bridgehead atoms. The number of alkyl halides is 3. The molecule has 0 aliphatic rings. The maximum Gasteiger partial charge on any atom is 0.416 e. The molecule has 0 aromatic heterocycles. The molecular weight excluding hydrogens is 301 g/mol. The van der Waals surface area contributed by atoms with Gasteiger partial charge in [-0.1, -0.05) is 37.5 Å². The van der Waals surface area contributed by atoms with Gasteiger partial charge >= 0.3 is 6.18 Å². The van der Waals surface area contributed by atoms with Gasteiger partial charge in [-0.3, -0.25) is 0 Å². The van der Waals surface area contributed by atoms with Crippen molar-refractivity contribution < 1.29 is 27.8 Å². The quantitative estimate of drug-likeness (QED) is 0.417. The smallest absolute Gasteiger partial charge is 0.379 e. The van der Waals surface area contributed by atoms with Gasteiger partial charge in [0.2, 0.25) is 0 Å². The van der Waals surface area contributed by atoms with E-state index in [1.54, 1.807) is 6.07 Å². The lowest BCUT2D eigenvalue weighted by Crippen LogP contribution is -2.12. The van der Waals surface area contributed by atoms with E-state index in [2.05, 4.69) is 0 Å². The van der Waals surface area contributed by atoms with E-state index < -0.39 is 28.0 Å². The fraction of sp³-hybridized carbons (Fsp3) is 0.571. The third-order valence-corrected chi connectivity index (χ3v) is 4.45. The van der Waals surface area contributed by atoms with E-state index in [1.165, 1.54) is 12.1 Å². The molecule has 0 amide bonds. The van der Waals surface area contributed by atoms with Gasteiger partial charge in [-0.15, -0.1) is 0 Å². The largest absolute Gasteiger partial charge is 0.416 e. The van der Waals surface area contributed by atoms with Crippen LogP contribution in [-0.2, 0) is 17.0 Å². The number of hydrogen-bond donors (Lipinski definition) is 2. The number of unbranched alkanes of at least 4 members (excludes halogenated alkanes) is 3. The lowest BCUT2D eigenvalue weighted by Gasteiger charge is -2.08. The van der Waals surface area contributed by atoms with Crippen LogP contribution in [0.2, 0.25) is 6.04 Å². The van der Waals surface area contributed by atoms with Gasteiger partial charge in [0.25, 0.3) is 6.48 Å². The third-order valence-electron chi connectivity index (χ3n) is 3.13. The van der Waals surface area contributed by atoms with E-state index in [0.29, 0.717) is 12.0 Å². The van der Waals surface area contributed by atoms with Crippen LogP contribution in [0.3, 0.4) is 0 Å². The van der Waals surface area contributed by atoms with Gasteiger partial charge in [0.1, 0.15) is 0 Å². The number of benzene rings is 1. The van der Waals surface area contributed by atoms with Crippen molar-refractivity contribution in [1.29, 1.82) is 0 Å². The molecule has 7 heteroatoms. The van der Waals surface area contributed by atoms with E-state index in [9.17, 15) is 13.2 Å². The molecule has 1 rings (SSSR count). The first kappa shape index (κ1) is 18.2. The molecule has 0 saturated heterocycles. The Morgan fingerprint density at radius 2 is 1.81 bits per heavy atom. The summed E-state index contributed by atoms with van der Waals surface area (Å²) in [4.78, 5) is 0. The van der Waals surface area contributed by atoms with E-state index >= 15 is 0 Å². The van der Waals surface area contributed by atoms with Crippen LogP contribution in [-0.4, -0.2) is 26.5 Å². The fourth-order valence-corrected chi connectivity index (χ4v) is 2.99. The summed E-state index contributed by atoms with van der Waals surface area (Å²) in [6, 6.07) is 6.34. The lowest BCUT2D eigenvalue weighted by molar-refractivity contribution is -0.180. The van der Waals surface area contributed by atoms with Gasteiger partial charge in [-0.05, 0) is 30.5 Å². The summed E-state index contributed by atoms with van der Waals surface area (Å²) in [5.41, 5.74) is 0.122. The number of rotatable bonds is 9. The van der Waals surface area contributed by atoms with Gasteiger partial charge in [-0.25, -0.2) is 0 Å². The van der Waals surface area contributed by atoms with Crippen LogP contribution >= 0.6 is 0 Å². The van der Waals surface area contributed by atoms with Crippen molar-refractivity contribution >= 4 is 9.76 Å². The summed E-state index contributed by atoms with van der Waals surface area (Å²) < 4.78 is 42.3. The number of hydrogen-bond acceptors (Lipinski definition) is 3. The zero-order valence-corrected chi connectivity index (χ0v) is 13.2. The number of aryl methyl sites for hydroxylation is 1. The molecule has 0 radical (unpaired) electrons. The normalized spacial score (nSPS) is 12.7. The molecule has 0 atom stereocenters. The van der Waals surface area contributed by atoms with Gasteiger partial charge < -0.3 is 14.6 Å². The Balaban J connectivity index is 2.16. The second kappa shape index (κ2) is 9.19. The Kier molecular flexibility index (Phi) is 7.95. The minimum Gasteiger partial charge on any atom is -0.379 e. The molecule has 0 aliphatic heterocycles. The summed E-state index contributed by atoms with van der Waals surface area (Å²) >= 11 is 0. The molecule has 3 nitrogen and oxygen atoms in total. The van der Waals surface area contributed by atoms with Gasteiger partial charge in [0.05, 0.1) is 5.56 Å². The summed E-state index contributed by atoms with van der Waals surface area (Å²) in [5, 5.41) is 17.0. The Hall–Kier alpha value is -0.893. The number of halogens is 3. The summed E-state index contributed by atoms with van der Waals surface area (Å²) in [5.74, 6) is 0. The average Bonchev–Trinajstić information content (AvgIpc) is 2.41. The molecule has 0 heterocycles. The van der Waals surface area contributed by atoms with Crippen molar-refractivity contribution in [3.8, 4) is 0 Å². The SMILES string of the molecule is OC(O)O[SiH2]CCCCCCc1cccc(C(F)(F)F)c1. The van der Waals surface area contributed by atoms with Crippen molar-refractivity contribution in [2.75, 3.05) is 0 Å². The highest BCUT2D eigenvalue weighted by atomic mass is 28.2. The maximum absolute atomic E-state index is 12.5. The van der Waals surface area contributed by atoms with Crippen molar-refractivity contribution in [2.45, 2.75) is 50.8 Å². The predicted molar refractivity (Wildman–Crippen MR) is 76.3 cm³/mol. The third kappa shape index (κ3) is 8.20. The molecule has 0 unspecified atom stereocenters. The van der Waals surface area contributed by atoms with Crippen molar-refractivity contribution in [2.24, 2.45) is 0 Å². The minimum absolute atomic E-state index is 0.592. The molecule has 120 valence electrons. The monoisotopic (exact) mass is 322 g/mol. The van der Waals surface area contributed by atoms with E-state index in [0.717, 1.165) is 37.8 Å². The summed E-state index contributed by atoms with van der Waals surface area (Å²) in [7, 11) is -0.867. The average molecular weight is 322 g/mol. The Morgan fingerprint density at radius 3 is 2.48 bits per heavy atom. The Labute approximate surface area is 124 Å². The molecule has 1 aromatic carbocycles. The van der Waals surface area contributed by atoms with Gasteiger partial charge in [0.15, 0.2) is 9.76 Å². The molecular formula is C14H21F3O3Si. The number of aliphatic hydroxyl groups is 2. The topological polar surface area (TPSA) is 49.7 Å². The maximum atomic E-state index is 12.5. The zero-order valence-electron chi connectivity index (χ0n) is 11.8. The minimum atomic E-state index is -4.28. The van der Waals surface area contributed by atoms with Crippen molar-refractivity contribution in [3.63, 3.8) is 0 Å². The molecule has 0 aliphatic carbocycles. The highest BCUT2D eigenvalue weighted by Gasteiger charge is 2.30. The zero-order chi connectivity index (χ0) is 15.7. The van der Waals surface area contributed by atoms with E-state index in [1.807, 2.05) is 0 Å². The van der Waals surface area contributed by atoms with Crippen LogP contribution in [0, 0.1) is 0 Å². The first-order valence-corrected chi connectivity index (χ1v) is 8.61. The lowest BCUT2D eigenvalue weighted by atomic mass is 10.0. The summed E-state index contributed by atoms with van der Waals surface area (Å²) in [6.07, 6.45) is 0.113. The Morgan fingerprint density at radius 1 is 1.10 bits per heavy atom. The second-order valence-electron chi connectivity index (χ2n) is 4.91. The predicted octanol–water partition coefficient (Wildman–Crippen LogP) is 2.60. The molecule has 2 N–H and O–H groups in total. The van der Waals surface area contributed by atoms with Crippen molar-refractivity contribution in [1.82, 2.24) is 0 Å². The first-order chi connectivity index (χ1) is 9.89. The van der Waals surface area contributed by atoms with Crippen LogP contribution < -0.4 is 0 Å².